The Morgan fingerprint density at radius 3 is 2.74 bits per heavy atom. The predicted molar refractivity (Wildman–Crippen MR) is 74.6 cm³/mol. The number of carbonyl (C=O) groups is 1. The van der Waals surface area contributed by atoms with Crippen LogP contribution in [0.1, 0.15) is 25.3 Å². The van der Waals surface area contributed by atoms with E-state index in [2.05, 4.69) is 22.3 Å². The molecule has 0 aliphatic carbocycles. The van der Waals surface area contributed by atoms with Gasteiger partial charge >= 0.3 is 0 Å². The lowest BCUT2D eigenvalue weighted by molar-refractivity contribution is -0.119. The molecule has 4 nitrogen and oxygen atoms in total. The molecule has 0 aromatic heterocycles. The van der Waals surface area contributed by atoms with Gasteiger partial charge in [-0.15, -0.1) is 0 Å². The van der Waals surface area contributed by atoms with E-state index in [0.717, 1.165) is 19.5 Å². The minimum Gasteiger partial charge on any atom is -0.395 e. The molecule has 1 aliphatic rings. The second-order valence-corrected chi connectivity index (χ2v) is 5.25. The van der Waals surface area contributed by atoms with E-state index in [1.165, 1.54) is 5.56 Å². The van der Waals surface area contributed by atoms with Gasteiger partial charge in [0.05, 0.1) is 6.61 Å². The first-order valence-corrected chi connectivity index (χ1v) is 6.87. The normalized spacial score (nSPS) is 20.6. The van der Waals surface area contributed by atoms with Crippen molar-refractivity contribution in [2.45, 2.75) is 38.4 Å². The maximum Gasteiger partial charge on any atom is 0.220 e. The summed E-state index contributed by atoms with van der Waals surface area (Å²) in [7, 11) is 0. The fourth-order valence-electron chi connectivity index (χ4n) is 2.43. The van der Waals surface area contributed by atoms with Gasteiger partial charge in [0, 0.05) is 31.6 Å². The molecule has 1 fully saturated rings. The molecule has 0 saturated carbocycles. The average Bonchev–Trinajstić information content (AvgIpc) is 2.84. The minimum absolute atomic E-state index is 0.0951. The first-order valence-electron chi connectivity index (χ1n) is 6.87. The summed E-state index contributed by atoms with van der Waals surface area (Å²) < 4.78 is 0. The molecule has 1 heterocycles. The largest absolute Gasteiger partial charge is 0.395 e. The standard InChI is InChI=1S/C15H22N2O2/c1-12(11-18)17(9-13-5-3-2-4-6-13)10-14-7-8-15(19)16-14/h2-6,12,14,18H,7-11H2,1H3,(H,16,19)/t12-,14?/m0/s1. The highest BCUT2D eigenvalue weighted by atomic mass is 16.3. The molecule has 1 aromatic rings. The van der Waals surface area contributed by atoms with E-state index >= 15 is 0 Å². The van der Waals surface area contributed by atoms with E-state index in [1.807, 2.05) is 25.1 Å². The Balaban J connectivity index is 1.97. The second-order valence-electron chi connectivity index (χ2n) is 5.25. The highest BCUT2D eigenvalue weighted by Gasteiger charge is 2.25. The zero-order chi connectivity index (χ0) is 13.7. The predicted octanol–water partition coefficient (Wildman–Crippen LogP) is 1.15. The number of amides is 1. The van der Waals surface area contributed by atoms with Crippen molar-refractivity contribution in [2.24, 2.45) is 0 Å². The summed E-state index contributed by atoms with van der Waals surface area (Å²) >= 11 is 0. The van der Waals surface area contributed by atoms with E-state index in [4.69, 9.17) is 0 Å². The Kier molecular flexibility index (Phi) is 4.93. The summed E-state index contributed by atoms with van der Waals surface area (Å²) in [6.07, 6.45) is 1.51. The molecule has 0 bridgehead atoms. The summed E-state index contributed by atoms with van der Waals surface area (Å²) in [6, 6.07) is 10.5. The molecule has 0 radical (unpaired) electrons. The third-order valence-corrected chi connectivity index (χ3v) is 3.66. The Morgan fingerprint density at radius 2 is 2.16 bits per heavy atom. The van der Waals surface area contributed by atoms with Crippen LogP contribution in [0.2, 0.25) is 0 Å². The van der Waals surface area contributed by atoms with Crippen LogP contribution in [0.15, 0.2) is 30.3 Å². The van der Waals surface area contributed by atoms with Crippen LogP contribution in [0.3, 0.4) is 0 Å². The van der Waals surface area contributed by atoms with Crippen molar-refractivity contribution in [1.82, 2.24) is 10.2 Å². The molecule has 4 heteroatoms. The number of aliphatic hydroxyl groups is 1. The summed E-state index contributed by atoms with van der Waals surface area (Å²) in [4.78, 5) is 13.5. The van der Waals surface area contributed by atoms with Gasteiger partial charge in [-0.1, -0.05) is 30.3 Å². The SMILES string of the molecule is C[C@@H](CO)N(Cc1ccccc1)CC1CCC(=O)N1. The number of nitrogens with one attached hydrogen (secondary N) is 1. The third-order valence-electron chi connectivity index (χ3n) is 3.66. The van der Waals surface area contributed by atoms with Gasteiger partial charge in [0.25, 0.3) is 0 Å². The number of carbonyl (C=O) groups excluding carboxylic acids is 1. The summed E-state index contributed by atoms with van der Waals surface area (Å²) in [5.74, 6) is 0.140. The van der Waals surface area contributed by atoms with Crippen LogP contribution in [0.5, 0.6) is 0 Å². The fourth-order valence-corrected chi connectivity index (χ4v) is 2.43. The van der Waals surface area contributed by atoms with Crippen LogP contribution in [-0.4, -0.2) is 41.1 Å². The number of benzene rings is 1. The molecule has 1 unspecified atom stereocenters. The summed E-state index contributed by atoms with van der Waals surface area (Å²) in [5, 5.41) is 12.4. The van der Waals surface area contributed by atoms with Crippen molar-refractivity contribution in [3.8, 4) is 0 Å². The van der Waals surface area contributed by atoms with Crippen molar-refractivity contribution in [3.63, 3.8) is 0 Å². The van der Waals surface area contributed by atoms with Gasteiger partial charge in [-0.3, -0.25) is 9.69 Å². The van der Waals surface area contributed by atoms with Crippen LogP contribution < -0.4 is 5.32 Å². The number of hydrogen-bond acceptors (Lipinski definition) is 3. The highest BCUT2D eigenvalue weighted by Crippen LogP contribution is 2.13. The first-order chi connectivity index (χ1) is 9.19. The molecule has 1 saturated heterocycles. The Morgan fingerprint density at radius 1 is 1.42 bits per heavy atom. The van der Waals surface area contributed by atoms with E-state index in [0.29, 0.717) is 6.42 Å². The van der Waals surface area contributed by atoms with Crippen molar-refractivity contribution >= 4 is 5.91 Å². The molecule has 1 aromatic carbocycles. The number of rotatable bonds is 6. The topological polar surface area (TPSA) is 52.6 Å². The van der Waals surface area contributed by atoms with Crippen molar-refractivity contribution in [3.05, 3.63) is 35.9 Å². The van der Waals surface area contributed by atoms with Gasteiger partial charge < -0.3 is 10.4 Å². The van der Waals surface area contributed by atoms with Crippen molar-refractivity contribution < 1.29 is 9.90 Å². The van der Waals surface area contributed by atoms with Gasteiger partial charge in [0.1, 0.15) is 0 Å². The molecule has 104 valence electrons. The Labute approximate surface area is 114 Å². The van der Waals surface area contributed by atoms with Crippen LogP contribution in [0, 0.1) is 0 Å². The highest BCUT2D eigenvalue weighted by molar-refractivity contribution is 5.78. The van der Waals surface area contributed by atoms with E-state index in [-0.39, 0.29) is 24.6 Å². The molecular weight excluding hydrogens is 240 g/mol. The Bertz CT molecular complexity index is 408. The lowest BCUT2D eigenvalue weighted by Crippen LogP contribution is -2.43. The monoisotopic (exact) mass is 262 g/mol. The number of aliphatic hydroxyl groups excluding tert-OH is 1. The summed E-state index contributed by atoms with van der Waals surface area (Å²) in [5.41, 5.74) is 1.23. The molecule has 2 N–H and O–H groups in total. The molecule has 2 atom stereocenters. The average molecular weight is 262 g/mol. The van der Waals surface area contributed by atoms with Gasteiger partial charge in [0.2, 0.25) is 5.91 Å². The van der Waals surface area contributed by atoms with Crippen LogP contribution in [0.25, 0.3) is 0 Å². The minimum atomic E-state index is 0.0951. The lowest BCUT2D eigenvalue weighted by Gasteiger charge is -2.30. The first kappa shape index (κ1) is 14.0. The second kappa shape index (κ2) is 6.68. The van der Waals surface area contributed by atoms with Gasteiger partial charge in [-0.05, 0) is 18.9 Å². The molecular formula is C15H22N2O2. The van der Waals surface area contributed by atoms with Gasteiger partial charge in [-0.25, -0.2) is 0 Å². The zero-order valence-electron chi connectivity index (χ0n) is 11.4. The molecule has 2 rings (SSSR count). The molecule has 1 amide bonds. The van der Waals surface area contributed by atoms with Crippen molar-refractivity contribution in [2.75, 3.05) is 13.2 Å². The number of hydrogen-bond donors (Lipinski definition) is 2. The zero-order valence-corrected chi connectivity index (χ0v) is 11.4. The quantitative estimate of drug-likeness (QED) is 0.808. The summed E-state index contributed by atoms with van der Waals surface area (Å²) in [6.45, 7) is 3.74. The van der Waals surface area contributed by atoms with Crippen molar-refractivity contribution in [1.29, 1.82) is 0 Å². The maximum absolute atomic E-state index is 11.3. The molecule has 1 aliphatic heterocycles. The van der Waals surface area contributed by atoms with E-state index < -0.39 is 0 Å². The van der Waals surface area contributed by atoms with Crippen LogP contribution in [-0.2, 0) is 11.3 Å². The maximum atomic E-state index is 11.3. The fraction of sp³-hybridized carbons (Fsp3) is 0.533. The van der Waals surface area contributed by atoms with Crippen LogP contribution >= 0.6 is 0 Å². The molecule has 19 heavy (non-hydrogen) atoms. The van der Waals surface area contributed by atoms with Gasteiger partial charge in [-0.2, -0.15) is 0 Å². The van der Waals surface area contributed by atoms with Crippen LogP contribution in [0.4, 0.5) is 0 Å². The Hall–Kier alpha value is -1.39. The van der Waals surface area contributed by atoms with E-state index in [9.17, 15) is 9.90 Å². The smallest absolute Gasteiger partial charge is 0.220 e. The van der Waals surface area contributed by atoms with E-state index in [1.54, 1.807) is 0 Å². The third kappa shape index (κ3) is 4.04. The lowest BCUT2D eigenvalue weighted by atomic mass is 10.1. The van der Waals surface area contributed by atoms with Gasteiger partial charge in [0.15, 0.2) is 0 Å². The number of nitrogens with zero attached hydrogens (tertiary/aromatic N) is 1. The molecule has 0 spiro atoms.